The number of hydrogen-bond donors (Lipinski definition) is 1. The van der Waals surface area contributed by atoms with Gasteiger partial charge in [-0.2, -0.15) is 0 Å². The van der Waals surface area contributed by atoms with Crippen molar-refractivity contribution in [2.75, 3.05) is 11.4 Å². The first-order valence-electron chi connectivity index (χ1n) is 7.53. The number of nitrogens with zero attached hydrogens (tertiary/aromatic N) is 2. The van der Waals surface area contributed by atoms with Crippen molar-refractivity contribution in [3.05, 3.63) is 59.9 Å². The van der Waals surface area contributed by atoms with Crippen molar-refractivity contribution in [2.24, 2.45) is 0 Å². The van der Waals surface area contributed by atoms with E-state index in [0.717, 1.165) is 28.1 Å². The van der Waals surface area contributed by atoms with Gasteiger partial charge in [0.25, 0.3) is 0 Å². The molecule has 2 aromatic carbocycles. The zero-order valence-corrected chi connectivity index (χ0v) is 12.4. The molecule has 22 heavy (non-hydrogen) atoms. The molecule has 1 N–H and O–H groups in total. The number of hydrogen-bond acceptors (Lipinski definition) is 2. The van der Waals surface area contributed by atoms with E-state index in [2.05, 4.69) is 9.97 Å². The van der Waals surface area contributed by atoms with Crippen LogP contribution in [0.1, 0.15) is 23.7 Å². The maximum absolute atomic E-state index is 12.4. The van der Waals surface area contributed by atoms with Gasteiger partial charge in [-0.05, 0) is 30.7 Å². The van der Waals surface area contributed by atoms with Crippen molar-refractivity contribution in [1.29, 1.82) is 0 Å². The maximum Gasteiger partial charge on any atom is 0.227 e. The van der Waals surface area contributed by atoms with E-state index in [-0.39, 0.29) is 11.8 Å². The van der Waals surface area contributed by atoms with Gasteiger partial charge in [0.1, 0.15) is 5.82 Å². The van der Waals surface area contributed by atoms with Crippen molar-refractivity contribution in [3.63, 3.8) is 0 Å². The number of para-hydroxylation sites is 3. The number of aryl methyl sites for hydroxylation is 1. The van der Waals surface area contributed by atoms with E-state index in [1.807, 2.05) is 60.4 Å². The molecule has 1 atom stereocenters. The summed E-state index contributed by atoms with van der Waals surface area (Å²) in [6.07, 6.45) is 0.508. The topological polar surface area (TPSA) is 49.0 Å². The van der Waals surface area contributed by atoms with Gasteiger partial charge in [-0.25, -0.2) is 4.98 Å². The second-order valence-electron chi connectivity index (χ2n) is 5.83. The molecule has 3 aromatic rings. The molecule has 1 saturated heterocycles. The van der Waals surface area contributed by atoms with Gasteiger partial charge in [0.15, 0.2) is 0 Å². The van der Waals surface area contributed by atoms with Crippen LogP contribution < -0.4 is 4.90 Å². The molecule has 1 fully saturated rings. The zero-order chi connectivity index (χ0) is 15.1. The fraction of sp³-hybridized carbons (Fsp3) is 0.222. The summed E-state index contributed by atoms with van der Waals surface area (Å²) in [5, 5.41) is 0. The second kappa shape index (κ2) is 4.98. The van der Waals surface area contributed by atoms with Crippen molar-refractivity contribution in [3.8, 4) is 0 Å². The zero-order valence-electron chi connectivity index (χ0n) is 12.4. The third-order valence-electron chi connectivity index (χ3n) is 4.33. The van der Waals surface area contributed by atoms with Crippen molar-refractivity contribution in [2.45, 2.75) is 19.3 Å². The molecule has 2 heterocycles. The number of H-pyrrole nitrogens is 1. The van der Waals surface area contributed by atoms with Gasteiger partial charge in [0.2, 0.25) is 5.91 Å². The Morgan fingerprint density at radius 2 is 1.91 bits per heavy atom. The number of aromatic nitrogens is 2. The molecule has 4 heteroatoms. The average molecular weight is 291 g/mol. The van der Waals surface area contributed by atoms with Gasteiger partial charge in [0.05, 0.1) is 11.0 Å². The van der Waals surface area contributed by atoms with Gasteiger partial charge in [-0.3, -0.25) is 4.79 Å². The van der Waals surface area contributed by atoms with E-state index >= 15 is 0 Å². The van der Waals surface area contributed by atoms with Crippen LogP contribution in [-0.2, 0) is 4.79 Å². The van der Waals surface area contributed by atoms with E-state index in [0.29, 0.717) is 13.0 Å². The molecule has 0 aliphatic carbocycles. The maximum atomic E-state index is 12.4. The largest absolute Gasteiger partial charge is 0.342 e. The molecule has 0 radical (unpaired) electrons. The number of rotatable bonds is 2. The van der Waals surface area contributed by atoms with Crippen LogP contribution in [0, 0.1) is 6.92 Å². The Labute approximate surface area is 128 Å². The van der Waals surface area contributed by atoms with Crippen LogP contribution in [0.25, 0.3) is 11.0 Å². The minimum Gasteiger partial charge on any atom is -0.342 e. The normalized spacial score (nSPS) is 18.3. The van der Waals surface area contributed by atoms with Crippen molar-refractivity contribution >= 4 is 22.6 Å². The van der Waals surface area contributed by atoms with Crippen LogP contribution in [0.2, 0.25) is 0 Å². The predicted molar refractivity (Wildman–Crippen MR) is 87.0 cm³/mol. The lowest BCUT2D eigenvalue weighted by Crippen LogP contribution is -2.25. The summed E-state index contributed by atoms with van der Waals surface area (Å²) >= 11 is 0. The van der Waals surface area contributed by atoms with Crippen LogP contribution in [0.4, 0.5) is 5.69 Å². The molecule has 4 nitrogen and oxygen atoms in total. The summed E-state index contributed by atoms with van der Waals surface area (Å²) in [7, 11) is 0. The summed E-state index contributed by atoms with van der Waals surface area (Å²) in [5.74, 6) is 1.20. The Morgan fingerprint density at radius 3 is 2.73 bits per heavy atom. The van der Waals surface area contributed by atoms with Crippen LogP contribution >= 0.6 is 0 Å². The smallest absolute Gasteiger partial charge is 0.227 e. The van der Waals surface area contributed by atoms with Gasteiger partial charge in [0, 0.05) is 24.6 Å². The highest BCUT2D eigenvalue weighted by molar-refractivity contribution is 5.97. The summed E-state index contributed by atoms with van der Waals surface area (Å²) in [6, 6.07) is 16.0. The summed E-state index contributed by atoms with van der Waals surface area (Å²) in [6.45, 7) is 2.72. The van der Waals surface area contributed by atoms with Gasteiger partial charge < -0.3 is 9.88 Å². The van der Waals surface area contributed by atoms with E-state index in [1.54, 1.807) is 0 Å². The number of imidazole rings is 1. The van der Waals surface area contributed by atoms with Crippen LogP contribution in [0.3, 0.4) is 0 Å². The second-order valence-corrected chi connectivity index (χ2v) is 5.83. The monoisotopic (exact) mass is 291 g/mol. The number of amides is 1. The molecular weight excluding hydrogens is 274 g/mol. The van der Waals surface area contributed by atoms with Gasteiger partial charge >= 0.3 is 0 Å². The number of fused-ring (bicyclic) bond motifs is 1. The molecule has 4 rings (SSSR count). The standard InChI is InChI=1S/C18H17N3O/c1-12-6-2-5-9-16(12)21-11-13(10-17(21)22)18-19-14-7-3-4-8-15(14)20-18/h2-9,13H,10-11H2,1H3,(H,19,20)/t13-/m0/s1. The quantitative estimate of drug-likeness (QED) is 0.786. The first-order chi connectivity index (χ1) is 10.7. The Kier molecular flexibility index (Phi) is 2.96. The van der Waals surface area contributed by atoms with Crippen molar-refractivity contribution < 1.29 is 4.79 Å². The molecule has 1 amide bonds. The number of anilines is 1. The Balaban J connectivity index is 1.66. The molecule has 0 spiro atoms. The van der Waals surface area contributed by atoms with Crippen LogP contribution in [0.15, 0.2) is 48.5 Å². The Bertz CT molecular complexity index is 819. The minimum absolute atomic E-state index is 0.125. The minimum atomic E-state index is 0.125. The number of carbonyl (C=O) groups excluding carboxylic acids is 1. The lowest BCUT2D eigenvalue weighted by molar-refractivity contribution is -0.117. The van der Waals surface area contributed by atoms with Gasteiger partial charge in [-0.15, -0.1) is 0 Å². The molecule has 110 valence electrons. The Morgan fingerprint density at radius 1 is 1.14 bits per heavy atom. The fourth-order valence-corrected chi connectivity index (χ4v) is 3.16. The van der Waals surface area contributed by atoms with E-state index in [9.17, 15) is 4.79 Å². The Hall–Kier alpha value is -2.62. The molecule has 0 saturated carbocycles. The number of benzene rings is 2. The van der Waals surface area contributed by atoms with E-state index in [4.69, 9.17) is 0 Å². The van der Waals surface area contributed by atoms with Crippen molar-refractivity contribution in [1.82, 2.24) is 9.97 Å². The van der Waals surface area contributed by atoms with Gasteiger partial charge in [-0.1, -0.05) is 30.3 Å². The highest BCUT2D eigenvalue weighted by atomic mass is 16.2. The van der Waals surface area contributed by atoms with E-state index < -0.39 is 0 Å². The van der Waals surface area contributed by atoms with E-state index in [1.165, 1.54) is 0 Å². The number of carbonyl (C=O) groups is 1. The van der Waals surface area contributed by atoms with Crippen LogP contribution in [-0.4, -0.2) is 22.4 Å². The third kappa shape index (κ3) is 2.08. The highest BCUT2D eigenvalue weighted by Crippen LogP contribution is 2.32. The third-order valence-corrected chi connectivity index (χ3v) is 4.33. The molecule has 1 aliphatic heterocycles. The molecular formula is C18H17N3O. The average Bonchev–Trinajstić information content (AvgIpc) is 3.11. The summed E-state index contributed by atoms with van der Waals surface area (Å²) < 4.78 is 0. The molecule has 1 aliphatic rings. The molecule has 0 unspecified atom stereocenters. The molecule has 1 aromatic heterocycles. The number of aromatic amines is 1. The molecule has 0 bridgehead atoms. The van der Waals surface area contributed by atoms with Crippen LogP contribution in [0.5, 0.6) is 0 Å². The lowest BCUT2D eigenvalue weighted by atomic mass is 10.1. The first kappa shape index (κ1) is 13.1. The first-order valence-corrected chi connectivity index (χ1v) is 7.53. The SMILES string of the molecule is Cc1ccccc1N1C[C@@H](c2nc3ccccc3[nH]2)CC1=O. The fourth-order valence-electron chi connectivity index (χ4n) is 3.16. The number of nitrogens with one attached hydrogen (secondary N) is 1. The predicted octanol–water partition coefficient (Wildman–Crippen LogP) is 3.39. The summed E-state index contributed by atoms with van der Waals surface area (Å²) in [4.78, 5) is 22.3. The highest BCUT2D eigenvalue weighted by Gasteiger charge is 2.33. The summed E-state index contributed by atoms with van der Waals surface area (Å²) in [5.41, 5.74) is 4.12. The lowest BCUT2D eigenvalue weighted by Gasteiger charge is -2.18.